The van der Waals surface area contributed by atoms with E-state index in [-0.39, 0.29) is 0 Å². The molecule has 0 aromatic heterocycles. The molecule has 0 aliphatic carbocycles. The van der Waals surface area contributed by atoms with E-state index in [1.54, 1.807) is 0 Å². The van der Waals surface area contributed by atoms with Crippen molar-refractivity contribution in [2.75, 3.05) is 6.54 Å². The second-order valence-electron chi connectivity index (χ2n) is 4.72. The van der Waals surface area contributed by atoms with Gasteiger partial charge >= 0.3 is 0 Å². The van der Waals surface area contributed by atoms with E-state index in [2.05, 4.69) is 32.6 Å². The molecule has 0 radical (unpaired) electrons. The summed E-state index contributed by atoms with van der Waals surface area (Å²) in [5, 5.41) is 0. The van der Waals surface area contributed by atoms with Crippen LogP contribution in [0.5, 0.6) is 0 Å². The maximum absolute atomic E-state index is 11.8. The minimum atomic E-state index is 0.373. The van der Waals surface area contributed by atoms with Crippen LogP contribution < -0.4 is 0 Å². The van der Waals surface area contributed by atoms with Crippen LogP contribution in [0.3, 0.4) is 0 Å². The number of rotatable bonds is 4. The van der Waals surface area contributed by atoms with Crippen LogP contribution in [-0.2, 0) is 4.79 Å². The predicted molar refractivity (Wildman–Crippen MR) is 59.0 cm³/mol. The Kier molecular flexibility index (Phi) is 3.97. The van der Waals surface area contributed by atoms with E-state index in [0.29, 0.717) is 23.8 Å². The van der Waals surface area contributed by atoms with Gasteiger partial charge < -0.3 is 4.90 Å². The second-order valence-corrected chi connectivity index (χ2v) is 4.72. The monoisotopic (exact) mass is 197 g/mol. The fourth-order valence-electron chi connectivity index (χ4n) is 2.29. The van der Waals surface area contributed by atoms with Crippen LogP contribution in [0.2, 0.25) is 0 Å². The van der Waals surface area contributed by atoms with Gasteiger partial charge in [0.1, 0.15) is 0 Å². The van der Waals surface area contributed by atoms with E-state index in [1.807, 2.05) is 0 Å². The summed E-state index contributed by atoms with van der Waals surface area (Å²) in [5.41, 5.74) is 0. The Morgan fingerprint density at radius 1 is 1.36 bits per heavy atom. The van der Waals surface area contributed by atoms with Gasteiger partial charge in [-0.2, -0.15) is 0 Å². The fourth-order valence-corrected chi connectivity index (χ4v) is 2.29. The van der Waals surface area contributed by atoms with Crippen molar-refractivity contribution in [2.45, 2.75) is 53.0 Å². The molecule has 0 N–H and O–H groups in total. The normalized spacial score (nSPS) is 22.9. The fraction of sp³-hybridized carbons (Fsp3) is 0.917. The van der Waals surface area contributed by atoms with E-state index >= 15 is 0 Å². The first-order chi connectivity index (χ1) is 6.60. The van der Waals surface area contributed by atoms with Gasteiger partial charge in [-0.1, -0.05) is 27.7 Å². The van der Waals surface area contributed by atoms with Crippen LogP contribution in [0.1, 0.15) is 47.0 Å². The maximum atomic E-state index is 11.8. The average molecular weight is 197 g/mol. The number of hydrogen-bond acceptors (Lipinski definition) is 1. The highest BCUT2D eigenvalue weighted by Gasteiger charge is 2.34. The molecule has 1 heterocycles. The lowest BCUT2D eigenvalue weighted by Crippen LogP contribution is -2.35. The zero-order valence-electron chi connectivity index (χ0n) is 9.92. The Balaban J connectivity index is 2.60. The lowest BCUT2D eigenvalue weighted by molar-refractivity contribution is -0.129. The first kappa shape index (κ1) is 11.5. The van der Waals surface area contributed by atoms with Crippen molar-refractivity contribution in [3.63, 3.8) is 0 Å². The third-order valence-corrected chi connectivity index (χ3v) is 3.51. The molecule has 1 unspecified atom stereocenters. The van der Waals surface area contributed by atoms with Crippen LogP contribution in [-0.4, -0.2) is 23.4 Å². The SMILES string of the molecule is CCC(CC)N1CC(C(C)C)CC1=O. The van der Waals surface area contributed by atoms with Gasteiger partial charge in [-0.05, 0) is 24.7 Å². The lowest BCUT2D eigenvalue weighted by Gasteiger charge is -2.26. The van der Waals surface area contributed by atoms with Crippen molar-refractivity contribution >= 4 is 5.91 Å². The van der Waals surface area contributed by atoms with Crippen molar-refractivity contribution in [2.24, 2.45) is 11.8 Å². The van der Waals surface area contributed by atoms with E-state index in [1.165, 1.54) is 0 Å². The summed E-state index contributed by atoms with van der Waals surface area (Å²) >= 11 is 0. The zero-order chi connectivity index (χ0) is 10.7. The zero-order valence-corrected chi connectivity index (χ0v) is 9.92. The van der Waals surface area contributed by atoms with Gasteiger partial charge in [0.2, 0.25) is 5.91 Å². The maximum Gasteiger partial charge on any atom is 0.223 e. The quantitative estimate of drug-likeness (QED) is 0.678. The summed E-state index contributed by atoms with van der Waals surface area (Å²) in [6.07, 6.45) is 2.95. The van der Waals surface area contributed by atoms with E-state index in [9.17, 15) is 4.79 Å². The first-order valence-electron chi connectivity index (χ1n) is 5.89. The van der Waals surface area contributed by atoms with Crippen molar-refractivity contribution < 1.29 is 4.79 Å². The predicted octanol–water partition coefficient (Wildman–Crippen LogP) is 2.68. The molecule has 1 atom stereocenters. The standard InChI is InChI=1S/C12H23NO/c1-5-11(6-2)13-8-10(9(3)4)7-12(13)14/h9-11H,5-8H2,1-4H3. The average Bonchev–Trinajstić information content (AvgIpc) is 2.51. The highest BCUT2D eigenvalue weighted by atomic mass is 16.2. The van der Waals surface area contributed by atoms with Gasteiger partial charge in [0.25, 0.3) is 0 Å². The second kappa shape index (κ2) is 4.81. The largest absolute Gasteiger partial charge is 0.339 e. The van der Waals surface area contributed by atoms with Gasteiger partial charge in [-0.25, -0.2) is 0 Å². The molecule has 1 aliphatic heterocycles. The molecule has 1 amide bonds. The number of nitrogens with zero attached hydrogens (tertiary/aromatic N) is 1. The topological polar surface area (TPSA) is 20.3 Å². The van der Waals surface area contributed by atoms with Crippen LogP contribution in [0.15, 0.2) is 0 Å². The molecule has 1 rings (SSSR count). The molecule has 0 aromatic rings. The first-order valence-corrected chi connectivity index (χ1v) is 5.89. The molecule has 82 valence electrons. The molecule has 14 heavy (non-hydrogen) atoms. The third-order valence-electron chi connectivity index (χ3n) is 3.51. The Morgan fingerprint density at radius 3 is 2.29 bits per heavy atom. The van der Waals surface area contributed by atoms with Crippen molar-refractivity contribution in [3.05, 3.63) is 0 Å². The molecule has 1 saturated heterocycles. The highest BCUT2D eigenvalue weighted by Crippen LogP contribution is 2.27. The number of hydrogen-bond donors (Lipinski definition) is 0. The van der Waals surface area contributed by atoms with E-state index < -0.39 is 0 Å². The number of likely N-dealkylation sites (tertiary alicyclic amines) is 1. The smallest absolute Gasteiger partial charge is 0.223 e. The minimum absolute atomic E-state index is 0.373. The van der Waals surface area contributed by atoms with Gasteiger partial charge in [-0.15, -0.1) is 0 Å². The minimum Gasteiger partial charge on any atom is -0.339 e. The van der Waals surface area contributed by atoms with Crippen LogP contribution in [0, 0.1) is 11.8 Å². The molecule has 2 heteroatoms. The summed E-state index contributed by atoms with van der Waals surface area (Å²) in [7, 11) is 0. The van der Waals surface area contributed by atoms with E-state index in [4.69, 9.17) is 0 Å². The number of carbonyl (C=O) groups excluding carboxylic acids is 1. The summed E-state index contributed by atoms with van der Waals surface area (Å²) in [6.45, 7) is 9.76. The summed E-state index contributed by atoms with van der Waals surface area (Å²) < 4.78 is 0. The molecule has 2 nitrogen and oxygen atoms in total. The Morgan fingerprint density at radius 2 is 1.93 bits per heavy atom. The van der Waals surface area contributed by atoms with Crippen LogP contribution >= 0.6 is 0 Å². The molecule has 0 saturated carbocycles. The van der Waals surface area contributed by atoms with E-state index in [0.717, 1.165) is 25.8 Å². The van der Waals surface area contributed by atoms with Gasteiger partial charge in [-0.3, -0.25) is 4.79 Å². The van der Waals surface area contributed by atoms with Crippen LogP contribution in [0.4, 0.5) is 0 Å². The molecule has 0 spiro atoms. The Labute approximate surface area is 87.7 Å². The molecule has 1 aliphatic rings. The number of amides is 1. The third kappa shape index (κ3) is 2.28. The highest BCUT2D eigenvalue weighted by molar-refractivity contribution is 5.79. The molecule has 0 aromatic carbocycles. The molecular formula is C12H23NO. The van der Waals surface area contributed by atoms with Gasteiger partial charge in [0.15, 0.2) is 0 Å². The van der Waals surface area contributed by atoms with Crippen molar-refractivity contribution in [1.29, 1.82) is 0 Å². The molecular weight excluding hydrogens is 174 g/mol. The molecule has 0 bridgehead atoms. The molecule has 1 fully saturated rings. The summed E-state index contributed by atoms with van der Waals surface area (Å²) in [6, 6.07) is 0.478. The Bertz CT molecular complexity index is 196. The lowest BCUT2D eigenvalue weighted by atomic mass is 9.95. The van der Waals surface area contributed by atoms with Crippen molar-refractivity contribution in [1.82, 2.24) is 4.90 Å². The van der Waals surface area contributed by atoms with Crippen LogP contribution in [0.25, 0.3) is 0 Å². The van der Waals surface area contributed by atoms with Gasteiger partial charge in [0.05, 0.1) is 0 Å². The van der Waals surface area contributed by atoms with Crippen molar-refractivity contribution in [3.8, 4) is 0 Å². The number of carbonyl (C=O) groups is 1. The van der Waals surface area contributed by atoms with Gasteiger partial charge in [0, 0.05) is 19.0 Å². The Hall–Kier alpha value is -0.530. The summed E-state index contributed by atoms with van der Waals surface area (Å²) in [5.74, 6) is 1.60. The summed E-state index contributed by atoms with van der Waals surface area (Å²) in [4.78, 5) is 13.9.